The summed E-state index contributed by atoms with van der Waals surface area (Å²) in [6, 6.07) is 14.2. The van der Waals surface area contributed by atoms with Crippen LogP contribution in [0.1, 0.15) is 30.0 Å². The molecule has 0 saturated carbocycles. The number of rotatable bonds is 4. The second-order valence-electron chi connectivity index (χ2n) is 5.16. The molecule has 0 aliphatic carbocycles. The Hall–Kier alpha value is -2.46. The van der Waals surface area contributed by atoms with Crippen LogP contribution in [0, 0.1) is 5.82 Å². The van der Waals surface area contributed by atoms with Gasteiger partial charge in [-0.3, -0.25) is 0 Å². The molecule has 112 valence electrons. The Labute approximate surface area is 128 Å². The molecule has 0 saturated heterocycles. The first kappa shape index (κ1) is 14.5. The van der Waals surface area contributed by atoms with E-state index in [2.05, 4.69) is 16.9 Å². The zero-order chi connectivity index (χ0) is 15.5. The van der Waals surface area contributed by atoms with Gasteiger partial charge in [-0.1, -0.05) is 43.3 Å². The Kier molecular flexibility index (Phi) is 4.02. The van der Waals surface area contributed by atoms with Crippen LogP contribution in [0.5, 0.6) is 0 Å². The molecule has 3 nitrogen and oxygen atoms in total. The number of aromatic nitrogens is 2. The van der Waals surface area contributed by atoms with Crippen molar-refractivity contribution in [3.63, 3.8) is 0 Å². The van der Waals surface area contributed by atoms with Crippen LogP contribution in [-0.2, 0) is 6.42 Å². The molecule has 3 rings (SSSR count). The minimum atomic E-state index is -0.855. The largest absolute Gasteiger partial charge is 0.380 e. The second-order valence-corrected chi connectivity index (χ2v) is 5.16. The Morgan fingerprint density at radius 2 is 1.86 bits per heavy atom. The maximum atomic E-state index is 13.8. The number of halogens is 1. The van der Waals surface area contributed by atoms with Gasteiger partial charge in [-0.05, 0) is 29.7 Å². The molecular formula is C18H17FN2O. The number of aromatic amines is 1. The summed E-state index contributed by atoms with van der Waals surface area (Å²) in [7, 11) is 0. The zero-order valence-electron chi connectivity index (χ0n) is 12.3. The van der Waals surface area contributed by atoms with Crippen molar-refractivity contribution in [2.45, 2.75) is 19.4 Å². The van der Waals surface area contributed by atoms with Crippen molar-refractivity contribution in [3.05, 3.63) is 77.5 Å². The van der Waals surface area contributed by atoms with E-state index in [4.69, 9.17) is 0 Å². The highest BCUT2D eigenvalue weighted by Gasteiger charge is 2.15. The summed E-state index contributed by atoms with van der Waals surface area (Å²) in [6.45, 7) is 2.08. The van der Waals surface area contributed by atoms with Crippen molar-refractivity contribution in [1.82, 2.24) is 9.97 Å². The predicted molar refractivity (Wildman–Crippen MR) is 83.9 cm³/mol. The average molecular weight is 296 g/mol. The molecule has 0 bridgehead atoms. The van der Waals surface area contributed by atoms with Gasteiger partial charge >= 0.3 is 0 Å². The van der Waals surface area contributed by atoms with Crippen LogP contribution in [0.4, 0.5) is 4.39 Å². The number of nitrogens with one attached hydrogen (secondary N) is 1. The molecule has 2 aromatic carbocycles. The van der Waals surface area contributed by atoms with Gasteiger partial charge in [0.1, 0.15) is 17.7 Å². The number of benzene rings is 2. The fourth-order valence-electron chi connectivity index (χ4n) is 2.39. The van der Waals surface area contributed by atoms with Gasteiger partial charge < -0.3 is 10.1 Å². The molecule has 2 N–H and O–H groups in total. The molecular weight excluding hydrogens is 279 g/mol. The van der Waals surface area contributed by atoms with Crippen LogP contribution >= 0.6 is 0 Å². The summed E-state index contributed by atoms with van der Waals surface area (Å²) in [5.41, 5.74) is 2.96. The van der Waals surface area contributed by atoms with Gasteiger partial charge in [-0.25, -0.2) is 9.37 Å². The van der Waals surface area contributed by atoms with Crippen molar-refractivity contribution in [3.8, 4) is 11.3 Å². The lowest BCUT2D eigenvalue weighted by Crippen LogP contribution is -2.02. The van der Waals surface area contributed by atoms with E-state index in [1.165, 1.54) is 17.8 Å². The summed E-state index contributed by atoms with van der Waals surface area (Å²) in [4.78, 5) is 7.18. The maximum absolute atomic E-state index is 13.8. The van der Waals surface area contributed by atoms with Crippen molar-refractivity contribution in [2.75, 3.05) is 0 Å². The Morgan fingerprint density at radius 3 is 2.55 bits per heavy atom. The number of aliphatic hydroxyl groups is 1. The Bertz CT molecular complexity index is 765. The van der Waals surface area contributed by atoms with E-state index in [1.54, 1.807) is 18.2 Å². The summed E-state index contributed by atoms with van der Waals surface area (Å²) in [6.07, 6.45) is 1.64. The standard InChI is InChI=1S/C18H17FN2O/c1-2-12-7-9-13(10-8-12)17(22)18-20-11-16(21-18)14-5-3-4-6-15(14)19/h3-11,17,22H,2H2,1H3,(H,20,21). The number of aryl methyl sites for hydroxylation is 1. The van der Waals surface area contributed by atoms with Crippen LogP contribution in [0.15, 0.2) is 54.7 Å². The molecule has 22 heavy (non-hydrogen) atoms. The van der Waals surface area contributed by atoms with Crippen LogP contribution in [0.25, 0.3) is 11.3 Å². The summed E-state index contributed by atoms with van der Waals surface area (Å²) >= 11 is 0. The number of hydrogen-bond acceptors (Lipinski definition) is 2. The van der Waals surface area contributed by atoms with Crippen LogP contribution in [-0.4, -0.2) is 15.1 Å². The molecule has 0 amide bonds. The highest BCUT2D eigenvalue weighted by atomic mass is 19.1. The number of imidazole rings is 1. The van der Waals surface area contributed by atoms with Gasteiger partial charge in [0.15, 0.2) is 0 Å². The Balaban J connectivity index is 1.88. The molecule has 0 radical (unpaired) electrons. The van der Waals surface area contributed by atoms with E-state index < -0.39 is 6.10 Å². The zero-order valence-corrected chi connectivity index (χ0v) is 12.3. The molecule has 1 heterocycles. The van der Waals surface area contributed by atoms with Crippen LogP contribution < -0.4 is 0 Å². The second kappa shape index (κ2) is 6.12. The highest BCUT2D eigenvalue weighted by molar-refractivity contribution is 5.59. The van der Waals surface area contributed by atoms with Gasteiger partial charge in [0.25, 0.3) is 0 Å². The minimum absolute atomic E-state index is 0.320. The van der Waals surface area contributed by atoms with E-state index in [0.717, 1.165) is 12.0 Å². The number of nitrogens with zero attached hydrogens (tertiary/aromatic N) is 1. The van der Waals surface area contributed by atoms with Crippen molar-refractivity contribution < 1.29 is 9.50 Å². The highest BCUT2D eigenvalue weighted by Crippen LogP contribution is 2.25. The van der Waals surface area contributed by atoms with Gasteiger partial charge in [0.2, 0.25) is 0 Å². The molecule has 0 spiro atoms. The fraction of sp³-hybridized carbons (Fsp3) is 0.167. The minimum Gasteiger partial charge on any atom is -0.380 e. The van der Waals surface area contributed by atoms with E-state index in [9.17, 15) is 9.50 Å². The van der Waals surface area contributed by atoms with E-state index in [0.29, 0.717) is 17.1 Å². The lowest BCUT2D eigenvalue weighted by atomic mass is 10.1. The van der Waals surface area contributed by atoms with Crippen LogP contribution in [0.2, 0.25) is 0 Å². The maximum Gasteiger partial charge on any atom is 0.140 e. The van der Waals surface area contributed by atoms with E-state index >= 15 is 0 Å². The van der Waals surface area contributed by atoms with Crippen molar-refractivity contribution >= 4 is 0 Å². The van der Waals surface area contributed by atoms with Crippen molar-refractivity contribution in [1.29, 1.82) is 0 Å². The number of hydrogen-bond donors (Lipinski definition) is 2. The molecule has 4 heteroatoms. The van der Waals surface area contributed by atoms with Gasteiger partial charge in [0.05, 0.1) is 11.9 Å². The monoisotopic (exact) mass is 296 g/mol. The summed E-state index contributed by atoms with van der Waals surface area (Å²) < 4.78 is 13.8. The van der Waals surface area contributed by atoms with Gasteiger partial charge in [0, 0.05) is 5.56 Å². The first-order valence-corrected chi connectivity index (χ1v) is 7.25. The van der Waals surface area contributed by atoms with Crippen molar-refractivity contribution in [2.24, 2.45) is 0 Å². The molecule has 0 aliphatic rings. The summed E-state index contributed by atoms with van der Waals surface area (Å²) in [5, 5.41) is 10.4. The molecule has 3 aromatic rings. The smallest absolute Gasteiger partial charge is 0.140 e. The Morgan fingerprint density at radius 1 is 1.14 bits per heavy atom. The first-order valence-electron chi connectivity index (χ1n) is 7.25. The average Bonchev–Trinajstić information content (AvgIpc) is 3.04. The number of aliphatic hydroxyl groups excluding tert-OH is 1. The third-order valence-corrected chi connectivity index (χ3v) is 3.72. The lowest BCUT2D eigenvalue weighted by Gasteiger charge is -2.09. The lowest BCUT2D eigenvalue weighted by molar-refractivity contribution is 0.211. The molecule has 1 atom stereocenters. The normalized spacial score (nSPS) is 12.3. The quantitative estimate of drug-likeness (QED) is 0.768. The topological polar surface area (TPSA) is 48.9 Å². The molecule has 0 aliphatic heterocycles. The van der Waals surface area contributed by atoms with Gasteiger partial charge in [-0.15, -0.1) is 0 Å². The fourth-order valence-corrected chi connectivity index (χ4v) is 2.39. The summed E-state index contributed by atoms with van der Waals surface area (Å²) in [5.74, 6) is 0.0852. The SMILES string of the molecule is CCc1ccc(C(O)c2ncc(-c3ccccc3F)[nH]2)cc1. The molecule has 1 unspecified atom stereocenters. The van der Waals surface area contributed by atoms with E-state index in [-0.39, 0.29) is 5.82 Å². The first-order chi connectivity index (χ1) is 10.7. The third kappa shape index (κ3) is 2.78. The third-order valence-electron chi connectivity index (χ3n) is 3.72. The van der Waals surface area contributed by atoms with Gasteiger partial charge in [-0.2, -0.15) is 0 Å². The predicted octanol–water partition coefficient (Wildman–Crippen LogP) is 3.86. The molecule has 1 aromatic heterocycles. The number of H-pyrrole nitrogens is 1. The molecule has 0 fully saturated rings. The van der Waals surface area contributed by atoms with E-state index in [1.807, 2.05) is 24.3 Å². The van der Waals surface area contributed by atoms with Crippen LogP contribution in [0.3, 0.4) is 0 Å².